The molecule has 7 nitrogen and oxygen atoms in total. The van der Waals surface area contributed by atoms with Gasteiger partial charge in [-0.25, -0.2) is 4.79 Å². The topological polar surface area (TPSA) is 75.2 Å². The van der Waals surface area contributed by atoms with Gasteiger partial charge in [-0.2, -0.15) is 0 Å². The number of piperidine rings is 1. The van der Waals surface area contributed by atoms with Gasteiger partial charge in [0.1, 0.15) is 5.75 Å². The van der Waals surface area contributed by atoms with Crippen LogP contribution in [0.1, 0.15) is 38.2 Å². The molecule has 2 aliphatic rings. The number of guanidine groups is 1. The van der Waals surface area contributed by atoms with Gasteiger partial charge in [-0.05, 0) is 38.7 Å². The molecular weight excluding hydrogens is 483 g/mol. The van der Waals surface area contributed by atoms with Crippen LogP contribution >= 0.6 is 24.0 Å². The molecule has 3 rings (SSSR count). The lowest BCUT2D eigenvalue weighted by atomic mass is 9.95. The number of para-hydroxylation sites is 1. The third-order valence-corrected chi connectivity index (χ3v) is 5.71. The third-order valence-electron chi connectivity index (χ3n) is 5.71. The van der Waals surface area contributed by atoms with E-state index >= 15 is 0 Å². The molecule has 1 heterocycles. The number of aliphatic imine (C=N–C) groups is 1. The Balaban J connectivity index is 0.00000300. The van der Waals surface area contributed by atoms with E-state index in [0.29, 0.717) is 25.7 Å². The molecular formula is C21H33IN4O3. The molecule has 0 bridgehead atoms. The lowest BCUT2D eigenvalue weighted by Crippen LogP contribution is -2.50. The zero-order valence-corrected chi connectivity index (χ0v) is 19.9. The Hall–Kier alpha value is -1.71. The molecule has 1 saturated heterocycles. The first-order valence-corrected chi connectivity index (χ1v) is 10.1. The summed E-state index contributed by atoms with van der Waals surface area (Å²) in [6, 6.07) is 8.57. The van der Waals surface area contributed by atoms with Gasteiger partial charge in [-0.3, -0.25) is 4.99 Å². The second-order valence-corrected chi connectivity index (χ2v) is 7.51. The van der Waals surface area contributed by atoms with E-state index in [2.05, 4.69) is 27.8 Å². The molecule has 1 amide bonds. The number of benzene rings is 1. The fourth-order valence-electron chi connectivity index (χ4n) is 3.84. The Morgan fingerprint density at radius 2 is 1.97 bits per heavy atom. The van der Waals surface area contributed by atoms with Gasteiger partial charge >= 0.3 is 6.09 Å². The normalized spacial score (nSPS) is 18.4. The number of hydrogen-bond acceptors (Lipinski definition) is 4. The van der Waals surface area contributed by atoms with E-state index in [1.165, 1.54) is 5.56 Å². The molecule has 1 aliphatic heterocycles. The largest absolute Gasteiger partial charge is 0.496 e. The summed E-state index contributed by atoms with van der Waals surface area (Å²) >= 11 is 0. The predicted octanol–water partition coefficient (Wildman–Crippen LogP) is 3.13. The van der Waals surface area contributed by atoms with Gasteiger partial charge in [0.2, 0.25) is 0 Å². The van der Waals surface area contributed by atoms with Gasteiger partial charge < -0.3 is 25.0 Å². The summed E-state index contributed by atoms with van der Waals surface area (Å²) in [5.74, 6) is 1.77. The number of amides is 1. The first-order valence-electron chi connectivity index (χ1n) is 10.1. The first-order chi connectivity index (χ1) is 13.6. The van der Waals surface area contributed by atoms with Crippen molar-refractivity contribution in [3.63, 3.8) is 0 Å². The smallest absolute Gasteiger partial charge is 0.409 e. The number of hydrogen-bond donors (Lipinski definition) is 2. The quantitative estimate of drug-likeness (QED) is 0.346. The van der Waals surface area contributed by atoms with Crippen LogP contribution < -0.4 is 15.4 Å². The molecule has 1 aromatic rings. The van der Waals surface area contributed by atoms with Gasteiger partial charge in [0, 0.05) is 43.7 Å². The second-order valence-electron chi connectivity index (χ2n) is 7.51. The maximum atomic E-state index is 11.8. The average Bonchev–Trinajstić information content (AvgIpc) is 3.52. The summed E-state index contributed by atoms with van der Waals surface area (Å²) in [5.41, 5.74) is 1.39. The van der Waals surface area contributed by atoms with Crippen molar-refractivity contribution in [2.75, 3.05) is 40.4 Å². The van der Waals surface area contributed by atoms with Gasteiger partial charge in [0.25, 0.3) is 0 Å². The fourth-order valence-corrected chi connectivity index (χ4v) is 3.84. The SMILES string of the molecule is CCOC(=O)N1CCC(NC(=NC)NCC2(c3ccccc3OC)CC2)CC1.I. The highest BCUT2D eigenvalue weighted by molar-refractivity contribution is 14.0. The summed E-state index contributed by atoms with van der Waals surface area (Å²) in [7, 11) is 3.53. The van der Waals surface area contributed by atoms with Gasteiger partial charge in [-0.1, -0.05) is 18.2 Å². The highest BCUT2D eigenvalue weighted by Gasteiger charge is 2.46. The number of methoxy groups -OCH3 is 1. The van der Waals surface area contributed by atoms with E-state index in [4.69, 9.17) is 9.47 Å². The van der Waals surface area contributed by atoms with Crippen molar-refractivity contribution in [2.45, 2.75) is 44.1 Å². The molecule has 0 radical (unpaired) electrons. The number of likely N-dealkylation sites (tertiary alicyclic amines) is 1. The molecule has 0 atom stereocenters. The second kappa shape index (κ2) is 10.9. The molecule has 162 valence electrons. The van der Waals surface area contributed by atoms with E-state index in [1.807, 2.05) is 19.1 Å². The number of rotatable bonds is 6. The van der Waals surface area contributed by atoms with E-state index in [-0.39, 0.29) is 35.5 Å². The van der Waals surface area contributed by atoms with E-state index in [0.717, 1.165) is 43.9 Å². The van der Waals surface area contributed by atoms with Gasteiger partial charge in [-0.15, -0.1) is 24.0 Å². The zero-order chi connectivity index (χ0) is 20.0. The molecule has 8 heteroatoms. The minimum atomic E-state index is -0.212. The molecule has 1 saturated carbocycles. The number of halogens is 1. The van der Waals surface area contributed by atoms with Crippen LogP contribution in [0.15, 0.2) is 29.3 Å². The Labute approximate surface area is 190 Å². The molecule has 2 N–H and O–H groups in total. The molecule has 1 aliphatic carbocycles. The highest BCUT2D eigenvalue weighted by atomic mass is 127. The van der Waals surface area contributed by atoms with E-state index < -0.39 is 0 Å². The van der Waals surface area contributed by atoms with Crippen LogP contribution in [0.3, 0.4) is 0 Å². The number of carbonyl (C=O) groups is 1. The molecule has 0 spiro atoms. The maximum absolute atomic E-state index is 11.8. The van der Waals surface area contributed by atoms with Crippen LogP contribution in [0.2, 0.25) is 0 Å². The van der Waals surface area contributed by atoms with Crippen LogP contribution in [0, 0.1) is 0 Å². The third kappa shape index (κ3) is 5.90. The standard InChI is InChI=1S/C21H32N4O3.HI/c1-4-28-20(26)25-13-9-16(10-14-25)24-19(22-2)23-15-21(11-12-21)17-7-5-6-8-18(17)27-3;/h5-8,16H,4,9-15H2,1-3H3,(H2,22,23,24);1H. The molecule has 2 fully saturated rings. The van der Waals surface area contributed by atoms with Crippen molar-refractivity contribution in [2.24, 2.45) is 4.99 Å². The van der Waals surface area contributed by atoms with Crippen molar-refractivity contribution >= 4 is 36.0 Å². The fraction of sp³-hybridized carbons (Fsp3) is 0.619. The monoisotopic (exact) mass is 516 g/mol. The van der Waals surface area contributed by atoms with Crippen molar-refractivity contribution in [1.82, 2.24) is 15.5 Å². The average molecular weight is 516 g/mol. The zero-order valence-electron chi connectivity index (χ0n) is 17.6. The summed E-state index contributed by atoms with van der Waals surface area (Å²) in [6.07, 6.45) is 3.86. The van der Waals surface area contributed by atoms with E-state index in [1.54, 1.807) is 19.1 Å². The molecule has 0 unspecified atom stereocenters. The summed E-state index contributed by atoms with van der Waals surface area (Å²) in [6.45, 7) is 4.49. The number of ether oxygens (including phenoxy) is 2. The molecule has 1 aromatic carbocycles. The Morgan fingerprint density at radius 1 is 1.28 bits per heavy atom. The number of carbonyl (C=O) groups excluding carboxylic acids is 1. The Morgan fingerprint density at radius 3 is 2.55 bits per heavy atom. The van der Waals surface area contributed by atoms with Crippen molar-refractivity contribution in [3.8, 4) is 5.75 Å². The van der Waals surface area contributed by atoms with Crippen LogP contribution in [-0.4, -0.2) is 63.4 Å². The lowest BCUT2D eigenvalue weighted by molar-refractivity contribution is 0.0963. The predicted molar refractivity (Wildman–Crippen MR) is 125 cm³/mol. The minimum absolute atomic E-state index is 0. The Kier molecular flexibility index (Phi) is 8.85. The van der Waals surface area contributed by atoms with Crippen LogP contribution in [0.4, 0.5) is 4.79 Å². The summed E-state index contributed by atoms with van der Waals surface area (Å²) in [4.78, 5) is 18.0. The molecule has 0 aromatic heterocycles. The van der Waals surface area contributed by atoms with Crippen molar-refractivity contribution < 1.29 is 14.3 Å². The first kappa shape index (κ1) is 23.6. The lowest BCUT2D eigenvalue weighted by Gasteiger charge is -2.32. The highest BCUT2D eigenvalue weighted by Crippen LogP contribution is 2.50. The van der Waals surface area contributed by atoms with Crippen LogP contribution in [0.5, 0.6) is 5.75 Å². The maximum Gasteiger partial charge on any atom is 0.409 e. The number of nitrogens with one attached hydrogen (secondary N) is 2. The summed E-state index contributed by atoms with van der Waals surface area (Å²) < 4.78 is 10.6. The van der Waals surface area contributed by atoms with E-state index in [9.17, 15) is 4.79 Å². The van der Waals surface area contributed by atoms with Gasteiger partial charge in [0.05, 0.1) is 13.7 Å². The number of nitrogens with zero attached hydrogens (tertiary/aromatic N) is 2. The van der Waals surface area contributed by atoms with Gasteiger partial charge in [0.15, 0.2) is 5.96 Å². The van der Waals surface area contributed by atoms with Crippen molar-refractivity contribution in [1.29, 1.82) is 0 Å². The van der Waals surface area contributed by atoms with Crippen LogP contribution in [-0.2, 0) is 10.2 Å². The van der Waals surface area contributed by atoms with Crippen molar-refractivity contribution in [3.05, 3.63) is 29.8 Å². The summed E-state index contributed by atoms with van der Waals surface area (Å²) in [5, 5.41) is 7.01. The Bertz CT molecular complexity index is 701. The minimum Gasteiger partial charge on any atom is -0.496 e. The van der Waals surface area contributed by atoms with Crippen LogP contribution in [0.25, 0.3) is 0 Å². The molecule has 29 heavy (non-hydrogen) atoms.